The standard InChI is InChI=1S/C12H9BrF3N5/c1-6-10(13)7(2)21(18-6)11-8-5-9(12(14,15)16)19-20(8)4-3-17-11/h3-5H,1-2H3. The molecule has 0 N–H and O–H groups in total. The summed E-state index contributed by atoms with van der Waals surface area (Å²) < 4.78 is 41.8. The molecule has 0 spiro atoms. The Labute approximate surface area is 125 Å². The predicted octanol–water partition coefficient (Wildman–Crippen LogP) is 3.31. The molecule has 5 nitrogen and oxygen atoms in total. The molecule has 21 heavy (non-hydrogen) atoms. The topological polar surface area (TPSA) is 48.0 Å². The molecule has 0 fully saturated rings. The molecule has 0 aliphatic carbocycles. The van der Waals surface area contributed by atoms with E-state index in [0.717, 1.165) is 26.4 Å². The van der Waals surface area contributed by atoms with E-state index in [1.807, 2.05) is 0 Å². The molecule has 0 aromatic carbocycles. The number of rotatable bonds is 1. The van der Waals surface area contributed by atoms with Gasteiger partial charge in [-0.3, -0.25) is 0 Å². The summed E-state index contributed by atoms with van der Waals surface area (Å²) in [6.07, 6.45) is -1.74. The molecule has 3 aromatic rings. The number of nitrogens with zero attached hydrogens (tertiary/aromatic N) is 5. The summed E-state index contributed by atoms with van der Waals surface area (Å²) in [5.74, 6) is 0.298. The van der Waals surface area contributed by atoms with E-state index in [4.69, 9.17) is 0 Å². The molecule has 3 heterocycles. The van der Waals surface area contributed by atoms with E-state index in [2.05, 4.69) is 31.1 Å². The van der Waals surface area contributed by atoms with Gasteiger partial charge in [0.2, 0.25) is 0 Å². The van der Waals surface area contributed by atoms with Crippen LogP contribution in [-0.4, -0.2) is 24.4 Å². The Balaban J connectivity index is 2.28. The second kappa shape index (κ2) is 4.55. The van der Waals surface area contributed by atoms with E-state index < -0.39 is 11.9 Å². The van der Waals surface area contributed by atoms with Crippen molar-refractivity contribution in [2.24, 2.45) is 0 Å². The Kier molecular flexibility index (Phi) is 3.05. The van der Waals surface area contributed by atoms with Gasteiger partial charge in [0.25, 0.3) is 0 Å². The molecular formula is C12H9BrF3N5. The number of aryl methyl sites for hydroxylation is 1. The summed E-state index contributed by atoms with van der Waals surface area (Å²) in [7, 11) is 0. The molecule has 0 aliphatic rings. The summed E-state index contributed by atoms with van der Waals surface area (Å²) in [6.45, 7) is 3.60. The Morgan fingerprint density at radius 2 is 1.90 bits per heavy atom. The van der Waals surface area contributed by atoms with Crippen LogP contribution in [0, 0.1) is 13.8 Å². The van der Waals surface area contributed by atoms with Crippen LogP contribution in [0.25, 0.3) is 11.3 Å². The number of hydrogen-bond acceptors (Lipinski definition) is 3. The van der Waals surface area contributed by atoms with Crippen LogP contribution in [-0.2, 0) is 6.18 Å². The lowest BCUT2D eigenvalue weighted by Crippen LogP contribution is -2.06. The molecule has 9 heteroatoms. The average Bonchev–Trinajstić information content (AvgIpc) is 2.95. The van der Waals surface area contributed by atoms with E-state index in [9.17, 15) is 13.2 Å². The Hall–Kier alpha value is -1.90. The minimum atomic E-state index is -4.50. The summed E-state index contributed by atoms with van der Waals surface area (Å²) >= 11 is 3.38. The van der Waals surface area contributed by atoms with E-state index in [1.165, 1.54) is 17.1 Å². The second-order valence-electron chi connectivity index (χ2n) is 4.50. The van der Waals surface area contributed by atoms with Crippen molar-refractivity contribution in [2.75, 3.05) is 0 Å². The van der Waals surface area contributed by atoms with Crippen molar-refractivity contribution in [3.05, 3.63) is 40.0 Å². The molecule has 0 bridgehead atoms. The lowest BCUT2D eigenvalue weighted by atomic mass is 10.3. The van der Waals surface area contributed by atoms with Crippen molar-refractivity contribution in [1.29, 1.82) is 0 Å². The zero-order chi connectivity index (χ0) is 15.4. The van der Waals surface area contributed by atoms with Crippen molar-refractivity contribution in [1.82, 2.24) is 24.4 Å². The van der Waals surface area contributed by atoms with E-state index >= 15 is 0 Å². The van der Waals surface area contributed by atoms with Crippen molar-refractivity contribution in [3.63, 3.8) is 0 Å². The SMILES string of the molecule is Cc1nn(-c2nccn3nc(C(F)(F)F)cc23)c(C)c1Br. The Morgan fingerprint density at radius 1 is 1.19 bits per heavy atom. The fourth-order valence-corrected chi connectivity index (χ4v) is 2.29. The number of halogens is 4. The number of aromatic nitrogens is 5. The fourth-order valence-electron chi connectivity index (χ4n) is 2.04. The van der Waals surface area contributed by atoms with Gasteiger partial charge in [-0.15, -0.1) is 0 Å². The smallest absolute Gasteiger partial charge is 0.235 e. The number of fused-ring (bicyclic) bond motifs is 1. The van der Waals surface area contributed by atoms with Crippen LogP contribution in [0.4, 0.5) is 13.2 Å². The van der Waals surface area contributed by atoms with E-state index in [-0.39, 0.29) is 5.52 Å². The van der Waals surface area contributed by atoms with Gasteiger partial charge in [0.1, 0.15) is 5.52 Å². The predicted molar refractivity (Wildman–Crippen MR) is 72.3 cm³/mol. The van der Waals surface area contributed by atoms with Crippen molar-refractivity contribution in [2.45, 2.75) is 20.0 Å². The normalized spacial score (nSPS) is 12.3. The zero-order valence-electron chi connectivity index (χ0n) is 11.0. The minimum Gasteiger partial charge on any atom is -0.235 e. The highest BCUT2D eigenvalue weighted by Gasteiger charge is 2.34. The molecule has 3 rings (SSSR count). The Bertz CT molecular complexity index is 833. The number of alkyl halides is 3. The Morgan fingerprint density at radius 3 is 2.48 bits per heavy atom. The molecule has 110 valence electrons. The first-order valence-corrected chi connectivity index (χ1v) is 6.72. The van der Waals surface area contributed by atoms with Gasteiger partial charge in [0.05, 0.1) is 15.9 Å². The third-order valence-corrected chi connectivity index (χ3v) is 4.21. The lowest BCUT2D eigenvalue weighted by molar-refractivity contribution is -0.141. The zero-order valence-corrected chi connectivity index (χ0v) is 12.6. The van der Waals surface area contributed by atoms with Crippen LogP contribution in [0.2, 0.25) is 0 Å². The van der Waals surface area contributed by atoms with Gasteiger partial charge in [0, 0.05) is 18.5 Å². The van der Waals surface area contributed by atoms with Gasteiger partial charge >= 0.3 is 6.18 Å². The van der Waals surface area contributed by atoms with Crippen LogP contribution in [0.5, 0.6) is 0 Å². The van der Waals surface area contributed by atoms with Crippen LogP contribution in [0.1, 0.15) is 17.1 Å². The van der Waals surface area contributed by atoms with Crippen LogP contribution in [0.3, 0.4) is 0 Å². The maximum atomic E-state index is 12.8. The summed E-state index contributed by atoms with van der Waals surface area (Å²) in [5, 5.41) is 7.81. The maximum absolute atomic E-state index is 12.8. The van der Waals surface area contributed by atoms with E-state index in [0.29, 0.717) is 5.82 Å². The molecule has 0 unspecified atom stereocenters. The fraction of sp³-hybridized carbons (Fsp3) is 0.250. The molecular weight excluding hydrogens is 351 g/mol. The van der Waals surface area contributed by atoms with Gasteiger partial charge in [-0.05, 0) is 29.8 Å². The van der Waals surface area contributed by atoms with Crippen LogP contribution >= 0.6 is 15.9 Å². The van der Waals surface area contributed by atoms with Crippen molar-refractivity contribution >= 4 is 21.4 Å². The minimum absolute atomic E-state index is 0.239. The monoisotopic (exact) mass is 359 g/mol. The van der Waals surface area contributed by atoms with Crippen molar-refractivity contribution < 1.29 is 13.2 Å². The first-order chi connectivity index (χ1) is 9.79. The first-order valence-electron chi connectivity index (χ1n) is 5.92. The second-order valence-corrected chi connectivity index (χ2v) is 5.30. The van der Waals surface area contributed by atoms with E-state index in [1.54, 1.807) is 13.8 Å². The van der Waals surface area contributed by atoms with Gasteiger partial charge < -0.3 is 0 Å². The maximum Gasteiger partial charge on any atom is 0.435 e. The van der Waals surface area contributed by atoms with Crippen LogP contribution in [0.15, 0.2) is 22.9 Å². The largest absolute Gasteiger partial charge is 0.435 e. The highest BCUT2D eigenvalue weighted by Crippen LogP contribution is 2.30. The van der Waals surface area contributed by atoms with Gasteiger partial charge in [-0.2, -0.15) is 23.4 Å². The quantitative estimate of drug-likeness (QED) is 0.669. The third kappa shape index (κ3) is 2.21. The summed E-state index contributed by atoms with van der Waals surface area (Å²) in [4.78, 5) is 4.14. The molecule has 0 aliphatic heterocycles. The molecule has 3 aromatic heterocycles. The third-order valence-electron chi connectivity index (χ3n) is 3.06. The summed E-state index contributed by atoms with van der Waals surface area (Å²) in [5.41, 5.74) is 0.759. The molecule has 0 saturated heterocycles. The van der Waals surface area contributed by atoms with Crippen molar-refractivity contribution in [3.8, 4) is 5.82 Å². The molecule has 0 saturated carbocycles. The highest BCUT2D eigenvalue weighted by molar-refractivity contribution is 9.10. The lowest BCUT2D eigenvalue weighted by Gasteiger charge is -2.04. The molecule has 0 radical (unpaired) electrons. The van der Waals surface area contributed by atoms with Gasteiger partial charge in [0.15, 0.2) is 11.5 Å². The molecule has 0 atom stereocenters. The van der Waals surface area contributed by atoms with Gasteiger partial charge in [-0.1, -0.05) is 0 Å². The highest BCUT2D eigenvalue weighted by atomic mass is 79.9. The first kappa shape index (κ1) is 14.1. The summed E-state index contributed by atoms with van der Waals surface area (Å²) in [6, 6.07) is 0.965. The van der Waals surface area contributed by atoms with Crippen LogP contribution < -0.4 is 0 Å². The number of hydrogen-bond donors (Lipinski definition) is 0. The van der Waals surface area contributed by atoms with Gasteiger partial charge in [-0.25, -0.2) is 14.2 Å². The molecule has 0 amide bonds. The average molecular weight is 360 g/mol.